The van der Waals surface area contributed by atoms with Crippen LogP contribution in [-0.4, -0.2) is 59.8 Å². The average molecular weight is 445 g/mol. The number of ether oxygens (including phenoxy) is 3. The minimum Gasteiger partial charge on any atom is -0.382 e. The SMILES string of the molecule is COCCOCCOCc1c(S(C)(=O)=O)ccc(C=C2C(=O)CCCC2=O)c1Cl. The summed E-state index contributed by atoms with van der Waals surface area (Å²) in [6, 6.07) is 2.91. The predicted molar refractivity (Wildman–Crippen MR) is 109 cm³/mol. The first-order chi connectivity index (χ1) is 13.8. The maximum Gasteiger partial charge on any atom is 0.175 e. The predicted octanol–water partition coefficient (Wildman–Crippen LogP) is 2.63. The molecular weight excluding hydrogens is 420 g/mol. The number of methoxy groups -OCH3 is 1. The van der Waals surface area contributed by atoms with E-state index in [-0.39, 0.29) is 45.8 Å². The molecule has 0 aliphatic heterocycles. The molecule has 0 radical (unpaired) electrons. The Balaban J connectivity index is 2.24. The third-order valence-corrected chi connectivity index (χ3v) is 6.02. The molecule has 0 atom stereocenters. The standard InChI is InChI=1S/C20H25ClO7S/c1-26-8-9-27-10-11-28-13-16-19(29(2,24)25)7-6-14(20(16)21)12-15-17(22)4-3-5-18(15)23/h6-7,12H,3-5,8-11,13H2,1-2H3. The van der Waals surface area contributed by atoms with Crippen molar-refractivity contribution in [2.24, 2.45) is 0 Å². The van der Waals surface area contributed by atoms with E-state index in [1.54, 1.807) is 7.11 Å². The molecule has 1 aliphatic carbocycles. The summed E-state index contributed by atoms with van der Waals surface area (Å²) in [7, 11) is -1.97. The maximum absolute atomic E-state index is 12.1. The zero-order valence-corrected chi connectivity index (χ0v) is 18.1. The fourth-order valence-electron chi connectivity index (χ4n) is 2.90. The van der Waals surface area contributed by atoms with Crippen LogP contribution in [0.3, 0.4) is 0 Å². The van der Waals surface area contributed by atoms with Crippen LogP contribution < -0.4 is 0 Å². The smallest absolute Gasteiger partial charge is 0.175 e. The number of rotatable bonds is 10. The van der Waals surface area contributed by atoms with Crippen LogP contribution in [0.1, 0.15) is 30.4 Å². The second-order valence-corrected chi connectivity index (χ2v) is 9.00. The van der Waals surface area contributed by atoms with E-state index >= 15 is 0 Å². The molecule has 160 valence electrons. The second kappa shape index (κ2) is 11.0. The highest BCUT2D eigenvalue weighted by Gasteiger charge is 2.24. The lowest BCUT2D eigenvalue weighted by Crippen LogP contribution is -2.18. The molecule has 1 fully saturated rings. The van der Waals surface area contributed by atoms with Crippen LogP contribution in [0.25, 0.3) is 6.08 Å². The van der Waals surface area contributed by atoms with Gasteiger partial charge in [-0.15, -0.1) is 0 Å². The molecule has 1 aromatic carbocycles. The molecule has 0 heterocycles. The lowest BCUT2D eigenvalue weighted by Gasteiger charge is -2.15. The van der Waals surface area contributed by atoms with Crippen LogP contribution in [0.4, 0.5) is 0 Å². The molecule has 1 aliphatic rings. The quantitative estimate of drug-likeness (QED) is 0.311. The summed E-state index contributed by atoms with van der Waals surface area (Å²) in [6.45, 7) is 1.42. The highest BCUT2D eigenvalue weighted by atomic mass is 35.5. The molecular formula is C20H25ClO7S. The van der Waals surface area contributed by atoms with Crippen molar-refractivity contribution in [3.8, 4) is 0 Å². The van der Waals surface area contributed by atoms with E-state index in [1.807, 2.05) is 0 Å². The van der Waals surface area contributed by atoms with E-state index in [9.17, 15) is 18.0 Å². The first-order valence-electron chi connectivity index (χ1n) is 9.19. The van der Waals surface area contributed by atoms with Crippen LogP contribution in [0.15, 0.2) is 22.6 Å². The van der Waals surface area contributed by atoms with Gasteiger partial charge in [0.25, 0.3) is 0 Å². The van der Waals surface area contributed by atoms with Crippen LogP contribution in [0.5, 0.6) is 0 Å². The van der Waals surface area contributed by atoms with Gasteiger partial charge in [-0.1, -0.05) is 17.7 Å². The first-order valence-corrected chi connectivity index (χ1v) is 11.5. The van der Waals surface area contributed by atoms with Crippen molar-refractivity contribution < 1.29 is 32.2 Å². The average Bonchev–Trinajstić information content (AvgIpc) is 2.65. The lowest BCUT2D eigenvalue weighted by atomic mass is 9.90. The molecule has 1 saturated carbocycles. The zero-order valence-electron chi connectivity index (χ0n) is 16.5. The molecule has 9 heteroatoms. The van der Waals surface area contributed by atoms with E-state index in [0.717, 1.165) is 6.26 Å². The Morgan fingerprint density at radius 1 is 1.03 bits per heavy atom. The largest absolute Gasteiger partial charge is 0.382 e. The van der Waals surface area contributed by atoms with Gasteiger partial charge >= 0.3 is 0 Å². The van der Waals surface area contributed by atoms with Gasteiger partial charge in [0.15, 0.2) is 21.4 Å². The number of halogens is 1. The van der Waals surface area contributed by atoms with Crippen LogP contribution in [0, 0.1) is 0 Å². The summed E-state index contributed by atoms with van der Waals surface area (Å²) in [4.78, 5) is 24.2. The van der Waals surface area contributed by atoms with Gasteiger partial charge in [-0.3, -0.25) is 9.59 Å². The monoisotopic (exact) mass is 444 g/mol. The summed E-state index contributed by atoms with van der Waals surface area (Å²) < 4.78 is 40.0. The van der Waals surface area contributed by atoms with Crippen LogP contribution >= 0.6 is 11.6 Å². The molecule has 0 N–H and O–H groups in total. The minimum absolute atomic E-state index is 0.0475. The van der Waals surface area contributed by atoms with E-state index < -0.39 is 9.84 Å². The molecule has 0 amide bonds. The fraction of sp³-hybridized carbons (Fsp3) is 0.500. The number of carbonyl (C=O) groups excluding carboxylic acids is 2. The normalized spacial score (nSPS) is 15.1. The Labute approximate surface area is 175 Å². The summed E-state index contributed by atoms with van der Waals surface area (Å²) in [6.07, 6.45) is 3.70. The summed E-state index contributed by atoms with van der Waals surface area (Å²) in [5.74, 6) is -0.453. The van der Waals surface area contributed by atoms with Gasteiger partial charge < -0.3 is 14.2 Å². The fourth-order valence-corrected chi connectivity index (χ4v) is 4.16. The summed E-state index contributed by atoms with van der Waals surface area (Å²) >= 11 is 6.46. The second-order valence-electron chi connectivity index (χ2n) is 6.63. The number of sulfone groups is 1. The number of ketones is 2. The van der Waals surface area contributed by atoms with E-state index in [1.165, 1.54) is 18.2 Å². The molecule has 0 bridgehead atoms. The third-order valence-electron chi connectivity index (χ3n) is 4.39. The van der Waals surface area contributed by atoms with Crippen LogP contribution in [-0.2, 0) is 40.2 Å². The minimum atomic E-state index is -3.55. The number of Topliss-reactive ketones (excluding diaryl/α,β-unsaturated/α-hetero) is 2. The summed E-state index contributed by atoms with van der Waals surface area (Å²) in [5.41, 5.74) is 0.799. The van der Waals surface area contributed by atoms with Crippen LogP contribution in [0.2, 0.25) is 5.02 Å². The van der Waals surface area contributed by atoms with Crippen molar-refractivity contribution >= 4 is 39.1 Å². The third kappa shape index (κ3) is 6.72. The Morgan fingerprint density at radius 2 is 1.66 bits per heavy atom. The van der Waals surface area contributed by atoms with Crippen molar-refractivity contribution in [3.63, 3.8) is 0 Å². The zero-order chi connectivity index (χ0) is 21.4. The Kier molecular flexibility index (Phi) is 8.98. The number of carbonyl (C=O) groups is 2. The lowest BCUT2D eigenvalue weighted by molar-refractivity contribution is -0.123. The molecule has 0 aromatic heterocycles. The number of hydrogen-bond donors (Lipinski definition) is 0. The van der Waals surface area contributed by atoms with Crippen molar-refractivity contribution in [2.75, 3.05) is 39.8 Å². The van der Waals surface area contributed by atoms with E-state index in [4.69, 9.17) is 25.8 Å². The Bertz CT molecular complexity index is 872. The Morgan fingerprint density at radius 3 is 2.28 bits per heavy atom. The molecule has 0 saturated heterocycles. The van der Waals surface area contributed by atoms with E-state index in [2.05, 4.69) is 0 Å². The van der Waals surface area contributed by atoms with Crippen molar-refractivity contribution in [1.82, 2.24) is 0 Å². The van der Waals surface area contributed by atoms with E-state index in [0.29, 0.717) is 44.6 Å². The molecule has 7 nitrogen and oxygen atoms in total. The van der Waals surface area contributed by atoms with Crippen molar-refractivity contribution in [1.29, 1.82) is 0 Å². The van der Waals surface area contributed by atoms with Gasteiger partial charge in [-0.05, 0) is 24.1 Å². The highest BCUT2D eigenvalue weighted by Crippen LogP contribution is 2.31. The summed E-state index contributed by atoms with van der Waals surface area (Å²) in [5, 5.41) is 0.145. The molecule has 29 heavy (non-hydrogen) atoms. The van der Waals surface area contributed by atoms with Gasteiger partial charge in [0, 0.05) is 31.8 Å². The van der Waals surface area contributed by atoms with Gasteiger partial charge in [0.05, 0.1) is 48.5 Å². The Hall–Kier alpha value is -1.58. The van der Waals surface area contributed by atoms with Gasteiger partial charge in [-0.25, -0.2) is 8.42 Å². The molecule has 2 rings (SSSR count). The van der Waals surface area contributed by atoms with Gasteiger partial charge in [0.2, 0.25) is 0 Å². The maximum atomic E-state index is 12.1. The van der Waals surface area contributed by atoms with Crippen molar-refractivity contribution in [2.45, 2.75) is 30.8 Å². The topological polar surface area (TPSA) is 96.0 Å². The molecule has 1 aromatic rings. The first kappa shape index (κ1) is 23.7. The molecule has 0 unspecified atom stereocenters. The van der Waals surface area contributed by atoms with Gasteiger partial charge in [0.1, 0.15) is 0 Å². The number of hydrogen-bond acceptors (Lipinski definition) is 7. The highest BCUT2D eigenvalue weighted by molar-refractivity contribution is 7.90. The molecule has 0 spiro atoms. The van der Waals surface area contributed by atoms with Crippen molar-refractivity contribution in [3.05, 3.63) is 33.9 Å². The number of allylic oxidation sites excluding steroid dienone is 1. The number of benzene rings is 1. The van der Waals surface area contributed by atoms with Gasteiger partial charge in [-0.2, -0.15) is 0 Å².